The first-order valence-electron chi connectivity index (χ1n) is 12.9. The maximum atomic E-state index is 13.4. The summed E-state index contributed by atoms with van der Waals surface area (Å²) in [6.45, 7) is 4.04. The van der Waals surface area contributed by atoms with E-state index in [-0.39, 0.29) is 25.2 Å². The summed E-state index contributed by atoms with van der Waals surface area (Å²) < 4.78 is 0. The van der Waals surface area contributed by atoms with Crippen molar-refractivity contribution in [3.63, 3.8) is 0 Å². The van der Waals surface area contributed by atoms with E-state index < -0.39 is 53.8 Å². The number of benzene rings is 1. The van der Waals surface area contributed by atoms with Crippen molar-refractivity contribution in [1.29, 1.82) is 0 Å². The number of carbonyl (C=O) groups is 5. The van der Waals surface area contributed by atoms with Crippen LogP contribution in [-0.2, 0) is 30.4 Å². The Morgan fingerprint density at radius 1 is 0.895 bits per heavy atom. The number of unbranched alkanes of at least 4 members (excludes halogenated alkanes) is 1. The summed E-state index contributed by atoms with van der Waals surface area (Å²) in [6.07, 6.45) is 2.02. The maximum Gasteiger partial charge on any atom is 0.326 e. The van der Waals surface area contributed by atoms with Gasteiger partial charge in [0, 0.05) is 12.8 Å². The van der Waals surface area contributed by atoms with Crippen LogP contribution in [0.4, 0.5) is 0 Å². The van der Waals surface area contributed by atoms with Crippen LogP contribution in [0.5, 0.6) is 0 Å². The van der Waals surface area contributed by atoms with Gasteiger partial charge < -0.3 is 38.3 Å². The molecule has 4 amide bonds. The predicted octanol–water partition coefficient (Wildman–Crippen LogP) is -0.464. The zero-order chi connectivity index (χ0) is 28.7. The Hall–Kier alpha value is -3.51. The molecule has 12 nitrogen and oxygen atoms in total. The standard InChI is InChI=1S/C26H42N6O6/c1-3-16(2)22(25(36)30-19(26(37)38)12-13-21(29)33)32-24(35)20(15-17-9-5-4-6-10-17)31-23(34)18(28)11-7-8-14-27/h4-6,9-10,16,18-20,22H,3,7-8,11-15,27-28H2,1-2H3,(H2,29,33)(H,30,36)(H,31,34)(H,32,35)(H,37,38). The second kappa shape index (κ2) is 17.1. The lowest BCUT2D eigenvalue weighted by molar-refractivity contribution is -0.143. The lowest BCUT2D eigenvalue weighted by Gasteiger charge is -2.28. The van der Waals surface area contributed by atoms with Crippen molar-refractivity contribution < 1.29 is 29.1 Å². The third-order valence-electron chi connectivity index (χ3n) is 6.31. The summed E-state index contributed by atoms with van der Waals surface area (Å²) in [6, 6.07) is 4.74. The highest BCUT2D eigenvalue weighted by molar-refractivity contribution is 5.94. The average Bonchev–Trinajstić information content (AvgIpc) is 2.88. The van der Waals surface area contributed by atoms with E-state index >= 15 is 0 Å². The first-order valence-corrected chi connectivity index (χ1v) is 12.9. The zero-order valence-corrected chi connectivity index (χ0v) is 22.2. The maximum absolute atomic E-state index is 13.4. The van der Waals surface area contributed by atoms with Crippen LogP contribution >= 0.6 is 0 Å². The van der Waals surface area contributed by atoms with E-state index in [2.05, 4.69) is 16.0 Å². The predicted molar refractivity (Wildman–Crippen MR) is 142 cm³/mol. The highest BCUT2D eigenvalue weighted by Gasteiger charge is 2.33. The second-order valence-corrected chi connectivity index (χ2v) is 9.42. The highest BCUT2D eigenvalue weighted by atomic mass is 16.4. The quantitative estimate of drug-likeness (QED) is 0.122. The number of carboxylic acid groups (broad SMARTS) is 1. The molecule has 1 aromatic rings. The van der Waals surface area contributed by atoms with Gasteiger partial charge in [-0.15, -0.1) is 0 Å². The van der Waals surface area contributed by atoms with Crippen LogP contribution in [0.3, 0.4) is 0 Å². The number of hydrogen-bond donors (Lipinski definition) is 7. The number of carbonyl (C=O) groups excluding carboxylic acids is 4. The minimum Gasteiger partial charge on any atom is -0.480 e. The normalized spacial score (nSPS) is 14.8. The molecule has 5 unspecified atom stereocenters. The van der Waals surface area contributed by atoms with Gasteiger partial charge in [-0.05, 0) is 37.3 Å². The SMILES string of the molecule is CCC(C)C(NC(=O)C(Cc1ccccc1)NC(=O)C(N)CCCCN)C(=O)NC(CCC(N)=O)C(=O)O. The zero-order valence-electron chi connectivity index (χ0n) is 22.2. The summed E-state index contributed by atoms with van der Waals surface area (Å²) in [5.74, 6) is -4.21. The average molecular weight is 535 g/mol. The molecule has 38 heavy (non-hydrogen) atoms. The Kier molecular flexibility index (Phi) is 14.6. The molecule has 1 aromatic carbocycles. The fraction of sp³-hybridized carbons (Fsp3) is 0.577. The lowest BCUT2D eigenvalue weighted by atomic mass is 9.96. The van der Waals surface area contributed by atoms with Crippen LogP contribution in [-0.4, -0.2) is 65.4 Å². The Morgan fingerprint density at radius 3 is 2.08 bits per heavy atom. The molecule has 12 heteroatoms. The van der Waals surface area contributed by atoms with Gasteiger partial charge in [0.2, 0.25) is 23.6 Å². The molecule has 5 atom stereocenters. The molecule has 0 aliphatic heterocycles. The Morgan fingerprint density at radius 2 is 1.53 bits per heavy atom. The third-order valence-corrected chi connectivity index (χ3v) is 6.31. The van der Waals surface area contributed by atoms with Crippen LogP contribution in [0.25, 0.3) is 0 Å². The second-order valence-electron chi connectivity index (χ2n) is 9.42. The van der Waals surface area contributed by atoms with Gasteiger partial charge in [-0.1, -0.05) is 57.0 Å². The van der Waals surface area contributed by atoms with E-state index in [1.54, 1.807) is 19.1 Å². The van der Waals surface area contributed by atoms with Gasteiger partial charge in [0.25, 0.3) is 0 Å². The Balaban J connectivity index is 3.08. The van der Waals surface area contributed by atoms with Crippen LogP contribution < -0.4 is 33.2 Å². The minimum absolute atomic E-state index is 0.152. The lowest BCUT2D eigenvalue weighted by Crippen LogP contribution is -2.59. The number of carboxylic acids is 1. The van der Waals surface area contributed by atoms with Crippen molar-refractivity contribution in [3.05, 3.63) is 35.9 Å². The Bertz CT molecular complexity index is 928. The van der Waals surface area contributed by atoms with Gasteiger partial charge >= 0.3 is 5.97 Å². The van der Waals surface area contributed by atoms with Gasteiger partial charge in [-0.3, -0.25) is 19.2 Å². The van der Waals surface area contributed by atoms with Crippen molar-refractivity contribution in [2.24, 2.45) is 23.1 Å². The summed E-state index contributed by atoms with van der Waals surface area (Å²) in [5, 5.41) is 17.2. The van der Waals surface area contributed by atoms with E-state index in [0.717, 1.165) is 12.0 Å². The number of nitrogens with two attached hydrogens (primary N) is 3. The molecule has 0 fully saturated rings. The molecule has 0 aliphatic carbocycles. The number of rotatable bonds is 18. The Labute approximate surface area is 223 Å². The molecule has 1 rings (SSSR count). The molecule has 0 radical (unpaired) electrons. The summed E-state index contributed by atoms with van der Waals surface area (Å²) in [4.78, 5) is 61.9. The molecule has 0 saturated carbocycles. The van der Waals surface area contributed by atoms with E-state index in [1.165, 1.54) is 0 Å². The number of nitrogens with one attached hydrogen (secondary N) is 3. The number of primary amides is 1. The van der Waals surface area contributed by atoms with Crippen molar-refractivity contribution in [1.82, 2.24) is 16.0 Å². The fourth-order valence-electron chi connectivity index (χ4n) is 3.74. The molecule has 0 aromatic heterocycles. The first kappa shape index (κ1) is 32.5. The molecular weight excluding hydrogens is 492 g/mol. The summed E-state index contributed by atoms with van der Waals surface area (Å²) >= 11 is 0. The van der Waals surface area contributed by atoms with Crippen molar-refractivity contribution in [2.75, 3.05) is 6.54 Å². The van der Waals surface area contributed by atoms with Gasteiger partial charge in [0.1, 0.15) is 18.1 Å². The fourth-order valence-corrected chi connectivity index (χ4v) is 3.74. The van der Waals surface area contributed by atoms with Crippen molar-refractivity contribution in [3.8, 4) is 0 Å². The molecule has 0 bridgehead atoms. The summed E-state index contributed by atoms with van der Waals surface area (Å²) in [5.41, 5.74) is 17.4. The third kappa shape index (κ3) is 11.7. The number of aliphatic carboxylic acids is 1. The van der Waals surface area contributed by atoms with Crippen LogP contribution in [0.15, 0.2) is 30.3 Å². The molecule has 0 spiro atoms. The van der Waals surface area contributed by atoms with Crippen LogP contribution in [0.2, 0.25) is 0 Å². The molecule has 0 heterocycles. The van der Waals surface area contributed by atoms with Gasteiger partial charge in [0.15, 0.2) is 0 Å². The van der Waals surface area contributed by atoms with Gasteiger partial charge in [-0.25, -0.2) is 4.79 Å². The molecule has 212 valence electrons. The van der Waals surface area contributed by atoms with Gasteiger partial charge in [-0.2, -0.15) is 0 Å². The molecule has 0 aliphatic rings. The van der Waals surface area contributed by atoms with Crippen LogP contribution in [0.1, 0.15) is 57.9 Å². The highest BCUT2D eigenvalue weighted by Crippen LogP contribution is 2.11. The molecule has 0 saturated heterocycles. The number of amides is 4. The molecular formula is C26H42N6O6. The molecule has 10 N–H and O–H groups in total. The largest absolute Gasteiger partial charge is 0.480 e. The minimum atomic E-state index is -1.36. The van der Waals surface area contributed by atoms with E-state index in [0.29, 0.717) is 25.8 Å². The van der Waals surface area contributed by atoms with Gasteiger partial charge in [0.05, 0.1) is 6.04 Å². The first-order chi connectivity index (χ1) is 18.0. The monoisotopic (exact) mass is 534 g/mol. The van der Waals surface area contributed by atoms with Crippen molar-refractivity contribution in [2.45, 2.75) is 83.0 Å². The van der Waals surface area contributed by atoms with Crippen molar-refractivity contribution >= 4 is 29.6 Å². The van der Waals surface area contributed by atoms with E-state index in [1.807, 2.05) is 25.1 Å². The topological polar surface area (TPSA) is 220 Å². The smallest absolute Gasteiger partial charge is 0.326 e. The summed E-state index contributed by atoms with van der Waals surface area (Å²) in [7, 11) is 0. The van der Waals surface area contributed by atoms with Crippen LogP contribution in [0, 0.1) is 5.92 Å². The van der Waals surface area contributed by atoms with E-state index in [9.17, 15) is 29.1 Å². The van der Waals surface area contributed by atoms with E-state index in [4.69, 9.17) is 17.2 Å². The number of hydrogen-bond acceptors (Lipinski definition) is 7.